The number of esters is 1. The fourth-order valence-corrected chi connectivity index (χ4v) is 6.54. The number of hydrogen-bond acceptors (Lipinski definition) is 11. The Morgan fingerprint density at radius 3 is 2.33 bits per heavy atom. The van der Waals surface area contributed by atoms with Crippen LogP contribution in [0.5, 0.6) is 0 Å². The van der Waals surface area contributed by atoms with E-state index in [1.54, 1.807) is 86.3 Å². The van der Waals surface area contributed by atoms with Gasteiger partial charge in [0.15, 0.2) is 0 Å². The van der Waals surface area contributed by atoms with E-state index in [1.165, 1.54) is 17.1 Å². The van der Waals surface area contributed by atoms with Gasteiger partial charge in [-0.15, -0.1) is 5.10 Å². The van der Waals surface area contributed by atoms with Gasteiger partial charge in [-0.2, -0.15) is 4.68 Å². The Labute approximate surface area is 351 Å². The molecule has 18 nitrogen and oxygen atoms in total. The molecule has 0 radical (unpaired) electrons. The van der Waals surface area contributed by atoms with Crippen LogP contribution in [0.4, 0.5) is 21.9 Å². The van der Waals surface area contributed by atoms with E-state index in [9.17, 15) is 24.0 Å². The number of nitrogens with one attached hydrogen (secondary N) is 5. The van der Waals surface area contributed by atoms with Gasteiger partial charge in [0.25, 0.3) is 0 Å². The number of H-pyrrole nitrogens is 1. The number of nitrogens with zero attached hydrogens (tertiary/aromatic N) is 6. The molecule has 1 fully saturated rings. The number of ether oxygens (including phenoxy) is 2. The molecule has 6 rings (SSSR count). The van der Waals surface area contributed by atoms with Gasteiger partial charge in [0.1, 0.15) is 23.7 Å². The van der Waals surface area contributed by atoms with Crippen molar-refractivity contribution in [1.29, 1.82) is 0 Å². The topological polar surface area (TPSA) is 218 Å². The number of hydrogen-bond donors (Lipinski definition) is 5. The first-order valence-corrected chi connectivity index (χ1v) is 19.7. The second-order valence-corrected chi connectivity index (χ2v) is 16.0. The number of carbonyl (C=O) groups is 5. The van der Waals surface area contributed by atoms with E-state index in [2.05, 4.69) is 46.7 Å². The predicted octanol–water partition coefficient (Wildman–Crippen LogP) is 4.63. The summed E-state index contributed by atoms with van der Waals surface area (Å²) in [6.45, 7) is 7.93. The van der Waals surface area contributed by atoms with Crippen LogP contribution in [0, 0.1) is 0 Å². The maximum Gasteiger partial charge on any atom is 0.355 e. The molecule has 1 aliphatic heterocycles. The van der Waals surface area contributed by atoms with E-state index in [1.807, 2.05) is 14.1 Å². The van der Waals surface area contributed by atoms with Crippen molar-refractivity contribution in [1.82, 2.24) is 40.3 Å². The van der Waals surface area contributed by atoms with E-state index < -0.39 is 35.3 Å². The number of amides is 5. The molecule has 5 amide bonds. The third kappa shape index (κ3) is 11.9. The molecule has 316 valence electrons. The number of likely N-dealkylation sites (N-methyl/N-ethyl adjacent to an activating group) is 1. The molecule has 5 N–H and O–H groups in total. The minimum atomic E-state index is -1.25. The van der Waals surface area contributed by atoms with E-state index >= 15 is 0 Å². The molecular formula is C41H48ClN11O7. The highest BCUT2D eigenvalue weighted by Gasteiger charge is 2.27. The number of benzene rings is 3. The largest absolute Gasteiger partial charge is 0.455 e. The number of aromatic nitrogens is 5. The second-order valence-electron chi connectivity index (χ2n) is 15.6. The number of anilines is 3. The predicted molar refractivity (Wildman–Crippen MR) is 225 cm³/mol. The SMILES string of the molecule is CN(C)CCOC1CCN(C(=O)Nc2ccc(C[C@H](NC(=O)C(=O)Nc3cc(Cl)ccc3-n3cnnn3)C(=O)Nc3ccc4[nH]c(C(=O)OC(C)(C)C)cc4c3)cc2)CC1. The first-order valence-electron chi connectivity index (χ1n) is 19.3. The molecule has 1 atom stereocenters. The Hall–Kier alpha value is -6.37. The van der Waals surface area contributed by atoms with Gasteiger partial charge in [-0.25, -0.2) is 9.59 Å². The smallest absolute Gasteiger partial charge is 0.355 e. The Balaban J connectivity index is 1.14. The van der Waals surface area contributed by atoms with E-state index in [-0.39, 0.29) is 35.0 Å². The molecule has 0 saturated carbocycles. The number of fused-ring (bicyclic) bond motifs is 1. The van der Waals surface area contributed by atoms with Gasteiger partial charge in [-0.05, 0) is 118 Å². The highest BCUT2D eigenvalue weighted by atomic mass is 35.5. The van der Waals surface area contributed by atoms with Crippen molar-refractivity contribution in [2.75, 3.05) is 56.3 Å². The molecule has 0 aliphatic carbocycles. The average molecular weight is 842 g/mol. The normalized spacial score (nSPS) is 13.8. The van der Waals surface area contributed by atoms with Crippen LogP contribution in [0.2, 0.25) is 5.02 Å². The quantitative estimate of drug-likeness (QED) is 0.0813. The molecule has 0 bridgehead atoms. The van der Waals surface area contributed by atoms with E-state index in [4.69, 9.17) is 21.1 Å². The fourth-order valence-electron chi connectivity index (χ4n) is 6.36. The second kappa shape index (κ2) is 19.1. The van der Waals surface area contributed by atoms with Crippen LogP contribution in [-0.2, 0) is 30.3 Å². The number of rotatable bonds is 13. The number of piperidine rings is 1. The summed E-state index contributed by atoms with van der Waals surface area (Å²) >= 11 is 6.20. The molecule has 1 saturated heterocycles. The van der Waals surface area contributed by atoms with Crippen molar-refractivity contribution < 1.29 is 33.4 Å². The maximum atomic E-state index is 13.9. The monoisotopic (exact) mass is 841 g/mol. The molecule has 60 heavy (non-hydrogen) atoms. The molecule has 2 aromatic heterocycles. The van der Waals surface area contributed by atoms with Gasteiger partial charge in [0.05, 0.1) is 24.1 Å². The molecule has 0 spiro atoms. The van der Waals surface area contributed by atoms with Crippen LogP contribution in [0.15, 0.2) is 73.1 Å². The van der Waals surface area contributed by atoms with Gasteiger partial charge in [-0.1, -0.05) is 23.7 Å². The summed E-state index contributed by atoms with van der Waals surface area (Å²) in [6, 6.07) is 16.6. The summed E-state index contributed by atoms with van der Waals surface area (Å²) in [5.74, 6) is -3.33. The number of aromatic amines is 1. The average Bonchev–Trinajstić information content (AvgIpc) is 3.89. The first kappa shape index (κ1) is 43.2. The third-order valence-electron chi connectivity index (χ3n) is 9.40. The number of likely N-dealkylation sites (tertiary alicyclic amines) is 1. The zero-order chi connectivity index (χ0) is 43.0. The van der Waals surface area contributed by atoms with Gasteiger partial charge < -0.3 is 45.5 Å². The molecular weight excluding hydrogens is 794 g/mol. The van der Waals surface area contributed by atoms with Crippen molar-refractivity contribution in [3.8, 4) is 5.69 Å². The zero-order valence-electron chi connectivity index (χ0n) is 34.0. The molecule has 3 aromatic carbocycles. The van der Waals surface area contributed by atoms with Crippen molar-refractivity contribution >= 4 is 69.3 Å². The van der Waals surface area contributed by atoms with Gasteiger partial charge >= 0.3 is 23.8 Å². The molecule has 19 heteroatoms. The lowest BCUT2D eigenvalue weighted by atomic mass is 10.0. The molecule has 3 heterocycles. The Kier molecular flexibility index (Phi) is 13.8. The van der Waals surface area contributed by atoms with Crippen molar-refractivity contribution in [3.05, 3.63) is 89.3 Å². The van der Waals surface area contributed by atoms with Crippen molar-refractivity contribution in [2.45, 2.75) is 57.8 Å². The van der Waals surface area contributed by atoms with Crippen LogP contribution in [0.25, 0.3) is 16.6 Å². The summed E-state index contributed by atoms with van der Waals surface area (Å²) in [5.41, 5.74) is 2.23. The van der Waals surface area contributed by atoms with Crippen LogP contribution >= 0.6 is 11.6 Å². The number of urea groups is 1. The Bertz CT molecular complexity index is 2320. The standard InChI is InChI=1S/C41H48ClN11O7/c1-41(2,3)60-39(57)34-22-26-21-29(11-12-31(26)46-34)44-36(54)33(48-38(56)37(55)47-32-23-27(42)8-13-35(32)53-24-43-49-50-53)20-25-6-9-28(10-7-25)45-40(58)52-16-14-30(15-17-52)59-19-18-51(4)5/h6-13,21-24,30,33,46H,14-20H2,1-5H3,(H,44,54)(H,45,58)(H,47,55)(H,48,56)/t33-/m0/s1. The summed E-state index contributed by atoms with van der Waals surface area (Å²) in [5, 5.41) is 22.8. The maximum absolute atomic E-state index is 13.9. The van der Waals surface area contributed by atoms with Crippen LogP contribution in [0.3, 0.4) is 0 Å². The number of halogens is 1. The van der Waals surface area contributed by atoms with E-state index in [0.29, 0.717) is 53.2 Å². The lowest BCUT2D eigenvalue weighted by Gasteiger charge is -2.32. The van der Waals surface area contributed by atoms with Crippen molar-refractivity contribution in [2.24, 2.45) is 0 Å². The van der Waals surface area contributed by atoms with Gasteiger partial charge in [0.2, 0.25) is 5.91 Å². The van der Waals surface area contributed by atoms with Crippen LogP contribution in [0.1, 0.15) is 49.7 Å². The summed E-state index contributed by atoms with van der Waals surface area (Å²) in [7, 11) is 3.99. The van der Waals surface area contributed by atoms with Gasteiger partial charge in [0, 0.05) is 53.4 Å². The number of carbonyl (C=O) groups excluding carboxylic acids is 5. The highest BCUT2D eigenvalue weighted by molar-refractivity contribution is 6.40. The highest BCUT2D eigenvalue weighted by Crippen LogP contribution is 2.25. The summed E-state index contributed by atoms with van der Waals surface area (Å²) in [6.07, 6.45) is 2.90. The molecule has 5 aromatic rings. The number of tetrazole rings is 1. The first-order chi connectivity index (χ1) is 28.6. The minimum Gasteiger partial charge on any atom is -0.455 e. The van der Waals surface area contributed by atoms with Crippen molar-refractivity contribution in [3.63, 3.8) is 0 Å². The zero-order valence-corrected chi connectivity index (χ0v) is 34.7. The van der Waals surface area contributed by atoms with Crippen LogP contribution < -0.4 is 21.3 Å². The van der Waals surface area contributed by atoms with Crippen LogP contribution in [-0.4, -0.2) is 123 Å². The minimum absolute atomic E-state index is 0.0252. The third-order valence-corrected chi connectivity index (χ3v) is 9.64. The Morgan fingerprint density at radius 2 is 1.65 bits per heavy atom. The summed E-state index contributed by atoms with van der Waals surface area (Å²) < 4.78 is 12.7. The molecule has 0 unspecified atom stereocenters. The summed E-state index contributed by atoms with van der Waals surface area (Å²) in [4.78, 5) is 73.3. The van der Waals surface area contributed by atoms with E-state index in [0.717, 1.165) is 19.4 Å². The Morgan fingerprint density at radius 1 is 0.917 bits per heavy atom. The van der Waals surface area contributed by atoms with Gasteiger partial charge in [-0.3, -0.25) is 14.4 Å². The molecule has 1 aliphatic rings. The lowest BCUT2D eigenvalue weighted by Crippen LogP contribution is -2.49. The lowest BCUT2D eigenvalue weighted by molar-refractivity contribution is -0.137. The fraction of sp³-hybridized carbons (Fsp3) is 0.366.